The van der Waals surface area contributed by atoms with E-state index in [4.69, 9.17) is 4.74 Å². The molecule has 0 amide bonds. The summed E-state index contributed by atoms with van der Waals surface area (Å²) in [6.45, 7) is 7.80. The van der Waals surface area contributed by atoms with Crippen LogP contribution in [0.15, 0.2) is 24.3 Å². The SMILES string of the molecule is CCC(CO)(CO)NC(C)c1ccc(OC(C)C)cc1. The van der Waals surface area contributed by atoms with Crippen LogP contribution in [-0.2, 0) is 0 Å². The molecule has 0 bridgehead atoms. The Balaban J connectivity index is 2.74. The van der Waals surface area contributed by atoms with E-state index in [1.165, 1.54) is 0 Å². The van der Waals surface area contributed by atoms with Crippen molar-refractivity contribution in [3.05, 3.63) is 29.8 Å². The van der Waals surface area contributed by atoms with E-state index in [1.807, 2.05) is 52.0 Å². The molecule has 0 aliphatic carbocycles. The Morgan fingerprint density at radius 2 is 1.65 bits per heavy atom. The standard InChI is InChI=1S/C16H27NO3/c1-5-16(10-18,11-19)17-13(4)14-6-8-15(9-7-14)20-12(2)3/h6-9,12-13,17-19H,5,10-11H2,1-4H3. The first-order valence-corrected chi connectivity index (χ1v) is 7.22. The van der Waals surface area contributed by atoms with E-state index < -0.39 is 5.54 Å². The van der Waals surface area contributed by atoms with Crippen molar-refractivity contribution in [2.75, 3.05) is 13.2 Å². The Bertz CT molecular complexity index is 377. The van der Waals surface area contributed by atoms with E-state index in [1.54, 1.807) is 0 Å². The van der Waals surface area contributed by atoms with Gasteiger partial charge in [0.2, 0.25) is 0 Å². The van der Waals surface area contributed by atoms with Crippen molar-refractivity contribution < 1.29 is 14.9 Å². The topological polar surface area (TPSA) is 61.7 Å². The lowest BCUT2D eigenvalue weighted by Gasteiger charge is -2.33. The average molecular weight is 281 g/mol. The van der Waals surface area contributed by atoms with Crippen LogP contribution in [0.4, 0.5) is 0 Å². The fraction of sp³-hybridized carbons (Fsp3) is 0.625. The molecule has 0 aliphatic rings. The summed E-state index contributed by atoms with van der Waals surface area (Å²) in [5.41, 5.74) is 0.466. The van der Waals surface area contributed by atoms with Crippen LogP contribution in [0.2, 0.25) is 0 Å². The van der Waals surface area contributed by atoms with Gasteiger partial charge in [0.25, 0.3) is 0 Å². The second-order valence-corrected chi connectivity index (χ2v) is 5.55. The van der Waals surface area contributed by atoms with Crippen LogP contribution in [0.1, 0.15) is 45.7 Å². The Labute approximate surface area is 121 Å². The summed E-state index contributed by atoms with van der Waals surface area (Å²) in [5, 5.41) is 22.3. The number of nitrogens with one attached hydrogen (secondary N) is 1. The third kappa shape index (κ3) is 4.47. The highest BCUT2D eigenvalue weighted by molar-refractivity contribution is 5.29. The smallest absolute Gasteiger partial charge is 0.119 e. The highest BCUT2D eigenvalue weighted by Crippen LogP contribution is 2.21. The van der Waals surface area contributed by atoms with E-state index in [0.717, 1.165) is 11.3 Å². The van der Waals surface area contributed by atoms with Gasteiger partial charge in [-0.1, -0.05) is 19.1 Å². The van der Waals surface area contributed by atoms with E-state index >= 15 is 0 Å². The maximum Gasteiger partial charge on any atom is 0.119 e. The molecule has 0 saturated carbocycles. The zero-order valence-corrected chi connectivity index (χ0v) is 12.9. The first kappa shape index (κ1) is 17.0. The van der Waals surface area contributed by atoms with Crippen molar-refractivity contribution in [3.8, 4) is 5.75 Å². The molecular formula is C16H27NO3. The third-order valence-electron chi connectivity index (χ3n) is 3.56. The van der Waals surface area contributed by atoms with E-state index in [2.05, 4.69) is 5.32 Å². The molecule has 0 aliphatic heterocycles. The predicted molar refractivity (Wildman–Crippen MR) is 81.0 cm³/mol. The van der Waals surface area contributed by atoms with Crippen LogP contribution >= 0.6 is 0 Å². The summed E-state index contributed by atoms with van der Waals surface area (Å²) >= 11 is 0. The first-order chi connectivity index (χ1) is 9.46. The molecule has 1 unspecified atom stereocenters. The third-order valence-corrected chi connectivity index (χ3v) is 3.56. The van der Waals surface area contributed by atoms with Crippen LogP contribution in [-0.4, -0.2) is 35.1 Å². The number of rotatable bonds is 8. The number of ether oxygens (including phenoxy) is 1. The number of aliphatic hydroxyl groups excluding tert-OH is 2. The quantitative estimate of drug-likeness (QED) is 0.684. The van der Waals surface area contributed by atoms with Gasteiger partial charge in [0.1, 0.15) is 5.75 Å². The molecule has 1 rings (SSSR count). The molecule has 0 aromatic heterocycles. The van der Waals surface area contributed by atoms with Crippen LogP contribution in [0.5, 0.6) is 5.75 Å². The number of aliphatic hydroxyl groups is 2. The normalized spacial score (nSPS) is 13.6. The summed E-state index contributed by atoms with van der Waals surface area (Å²) in [5.74, 6) is 0.849. The highest BCUT2D eigenvalue weighted by Gasteiger charge is 2.28. The second kappa shape index (κ2) is 7.62. The molecule has 1 atom stereocenters. The van der Waals surface area contributed by atoms with Gasteiger partial charge in [-0.15, -0.1) is 0 Å². The van der Waals surface area contributed by atoms with Gasteiger partial charge in [0, 0.05) is 6.04 Å². The number of hydrogen-bond acceptors (Lipinski definition) is 4. The van der Waals surface area contributed by atoms with Gasteiger partial charge in [-0.2, -0.15) is 0 Å². The minimum Gasteiger partial charge on any atom is -0.491 e. The minimum absolute atomic E-state index is 0.0438. The van der Waals surface area contributed by atoms with E-state index in [0.29, 0.717) is 6.42 Å². The lowest BCUT2D eigenvalue weighted by atomic mass is 9.95. The molecule has 0 radical (unpaired) electrons. The van der Waals surface area contributed by atoms with E-state index in [-0.39, 0.29) is 25.4 Å². The van der Waals surface area contributed by atoms with Gasteiger partial charge in [-0.25, -0.2) is 0 Å². The lowest BCUT2D eigenvalue weighted by molar-refractivity contribution is 0.0793. The molecule has 0 saturated heterocycles. The van der Waals surface area contributed by atoms with Gasteiger partial charge < -0.3 is 20.3 Å². The Morgan fingerprint density at radius 1 is 1.10 bits per heavy atom. The van der Waals surface area contributed by atoms with Crippen molar-refractivity contribution in [1.82, 2.24) is 5.32 Å². The van der Waals surface area contributed by atoms with Gasteiger partial charge in [-0.3, -0.25) is 0 Å². The molecule has 0 spiro atoms. The molecule has 3 N–H and O–H groups in total. The van der Waals surface area contributed by atoms with Crippen LogP contribution < -0.4 is 10.1 Å². The zero-order valence-electron chi connectivity index (χ0n) is 12.9. The maximum absolute atomic E-state index is 9.47. The average Bonchev–Trinajstić information content (AvgIpc) is 2.45. The minimum atomic E-state index is -0.632. The molecule has 114 valence electrons. The molecule has 0 fully saturated rings. The van der Waals surface area contributed by atoms with Crippen LogP contribution in [0, 0.1) is 0 Å². The van der Waals surface area contributed by atoms with Crippen molar-refractivity contribution in [2.45, 2.75) is 51.8 Å². The molecule has 0 heterocycles. The van der Waals surface area contributed by atoms with Gasteiger partial charge in [0.05, 0.1) is 24.9 Å². The second-order valence-electron chi connectivity index (χ2n) is 5.55. The molecule has 20 heavy (non-hydrogen) atoms. The molecular weight excluding hydrogens is 254 g/mol. The maximum atomic E-state index is 9.47. The lowest BCUT2D eigenvalue weighted by Crippen LogP contribution is -2.52. The molecule has 1 aromatic rings. The highest BCUT2D eigenvalue weighted by atomic mass is 16.5. The van der Waals surface area contributed by atoms with Crippen LogP contribution in [0.3, 0.4) is 0 Å². The summed E-state index contributed by atoms with van der Waals surface area (Å²) in [4.78, 5) is 0. The van der Waals surface area contributed by atoms with Crippen molar-refractivity contribution in [1.29, 1.82) is 0 Å². The van der Waals surface area contributed by atoms with Gasteiger partial charge in [0.15, 0.2) is 0 Å². The Hall–Kier alpha value is -1.10. The van der Waals surface area contributed by atoms with E-state index in [9.17, 15) is 10.2 Å². The Kier molecular flexibility index (Phi) is 6.46. The largest absolute Gasteiger partial charge is 0.491 e. The summed E-state index contributed by atoms with van der Waals surface area (Å²) < 4.78 is 5.61. The Morgan fingerprint density at radius 3 is 2.05 bits per heavy atom. The fourth-order valence-electron chi connectivity index (χ4n) is 2.12. The summed E-state index contributed by atoms with van der Waals surface area (Å²) in [6.07, 6.45) is 0.826. The monoisotopic (exact) mass is 281 g/mol. The number of benzene rings is 1. The van der Waals surface area contributed by atoms with Crippen molar-refractivity contribution >= 4 is 0 Å². The fourth-order valence-corrected chi connectivity index (χ4v) is 2.12. The first-order valence-electron chi connectivity index (χ1n) is 7.22. The molecule has 1 aromatic carbocycles. The number of hydrogen-bond donors (Lipinski definition) is 3. The zero-order chi connectivity index (χ0) is 15.2. The van der Waals surface area contributed by atoms with Crippen molar-refractivity contribution in [2.24, 2.45) is 0 Å². The van der Waals surface area contributed by atoms with Gasteiger partial charge in [-0.05, 0) is 44.9 Å². The predicted octanol–water partition coefficient (Wildman–Crippen LogP) is 2.26. The summed E-state index contributed by atoms with van der Waals surface area (Å²) in [6, 6.07) is 7.94. The molecule has 4 nitrogen and oxygen atoms in total. The summed E-state index contributed by atoms with van der Waals surface area (Å²) in [7, 11) is 0. The van der Waals surface area contributed by atoms with Crippen LogP contribution in [0.25, 0.3) is 0 Å². The van der Waals surface area contributed by atoms with Crippen molar-refractivity contribution in [3.63, 3.8) is 0 Å². The van der Waals surface area contributed by atoms with Gasteiger partial charge >= 0.3 is 0 Å². The molecule has 4 heteroatoms.